The minimum atomic E-state index is -1.00. The van der Waals surface area contributed by atoms with Crippen LogP contribution in [0.4, 0.5) is 4.79 Å². The summed E-state index contributed by atoms with van der Waals surface area (Å²) in [5, 5.41) is 0. The van der Waals surface area contributed by atoms with Gasteiger partial charge in [0.05, 0.1) is 6.61 Å². The lowest BCUT2D eigenvalue weighted by Crippen LogP contribution is -2.34. The van der Waals surface area contributed by atoms with Gasteiger partial charge in [0.2, 0.25) is 0 Å². The Kier molecular flexibility index (Phi) is 5.87. The first kappa shape index (κ1) is 14.2. The SMILES string of the molecule is CCOC(=O)OC(=O)C(N)CCc1ccccc1. The second-order valence-corrected chi connectivity index (χ2v) is 3.73. The number of nitrogens with two attached hydrogens (primary N) is 1. The van der Waals surface area contributed by atoms with E-state index in [1.54, 1.807) is 6.92 Å². The molecule has 18 heavy (non-hydrogen) atoms. The van der Waals surface area contributed by atoms with E-state index in [1.807, 2.05) is 30.3 Å². The molecule has 1 rings (SSSR count). The zero-order valence-corrected chi connectivity index (χ0v) is 10.3. The molecule has 0 aromatic heterocycles. The van der Waals surface area contributed by atoms with Crippen molar-refractivity contribution >= 4 is 12.1 Å². The standard InChI is InChI=1S/C13H17NO4/c1-2-17-13(16)18-12(15)11(14)9-8-10-6-4-3-5-7-10/h3-7,11H,2,8-9,14H2,1H3. The molecule has 1 aromatic rings. The van der Waals surface area contributed by atoms with Gasteiger partial charge in [-0.2, -0.15) is 0 Å². The number of carbonyl (C=O) groups is 2. The van der Waals surface area contributed by atoms with Crippen molar-refractivity contribution in [1.82, 2.24) is 0 Å². The normalized spacial score (nSPS) is 11.7. The summed E-state index contributed by atoms with van der Waals surface area (Å²) in [5.74, 6) is -0.760. The second-order valence-electron chi connectivity index (χ2n) is 3.73. The number of rotatable bonds is 5. The lowest BCUT2D eigenvalue weighted by atomic mass is 10.1. The molecule has 0 heterocycles. The average molecular weight is 251 g/mol. The van der Waals surface area contributed by atoms with Crippen LogP contribution in [0.25, 0.3) is 0 Å². The molecule has 0 aliphatic rings. The summed E-state index contributed by atoms with van der Waals surface area (Å²) in [6, 6.07) is 8.82. The van der Waals surface area contributed by atoms with Gasteiger partial charge in [0.1, 0.15) is 6.04 Å². The fourth-order valence-corrected chi connectivity index (χ4v) is 1.39. The zero-order chi connectivity index (χ0) is 13.4. The molecule has 0 fully saturated rings. The number of hydrogen-bond acceptors (Lipinski definition) is 5. The Hall–Kier alpha value is -1.88. The van der Waals surface area contributed by atoms with Crippen molar-refractivity contribution in [3.8, 4) is 0 Å². The third kappa shape index (κ3) is 4.97. The summed E-state index contributed by atoms with van der Waals surface area (Å²) < 4.78 is 8.90. The minimum Gasteiger partial charge on any atom is -0.434 e. The molecule has 0 saturated carbocycles. The van der Waals surface area contributed by atoms with E-state index < -0.39 is 18.2 Å². The Labute approximate surface area is 106 Å². The van der Waals surface area contributed by atoms with Gasteiger partial charge in [-0.15, -0.1) is 0 Å². The highest BCUT2D eigenvalue weighted by atomic mass is 16.7. The smallest absolute Gasteiger partial charge is 0.434 e. The van der Waals surface area contributed by atoms with E-state index in [0.717, 1.165) is 5.56 Å². The van der Waals surface area contributed by atoms with Gasteiger partial charge in [0.25, 0.3) is 0 Å². The van der Waals surface area contributed by atoms with Crippen molar-refractivity contribution in [2.24, 2.45) is 5.73 Å². The Morgan fingerprint density at radius 1 is 1.28 bits per heavy atom. The fraction of sp³-hybridized carbons (Fsp3) is 0.385. The van der Waals surface area contributed by atoms with Crippen LogP contribution in [0.2, 0.25) is 0 Å². The zero-order valence-electron chi connectivity index (χ0n) is 10.3. The maximum atomic E-state index is 11.4. The van der Waals surface area contributed by atoms with Gasteiger partial charge < -0.3 is 15.2 Å². The lowest BCUT2D eigenvalue weighted by molar-refractivity contribution is -0.141. The van der Waals surface area contributed by atoms with Crippen LogP contribution in [0.3, 0.4) is 0 Å². The number of aryl methyl sites for hydroxylation is 1. The van der Waals surface area contributed by atoms with Crippen LogP contribution in [-0.4, -0.2) is 24.8 Å². The second kappa shape index (κ2) is 7.45. The van der Waals surface area contributed by atoms with Crippen LogP contribution < -0.4 is 5.73 Å². The molecule has 5 heteroatoms. The number of esters is 1. The highest BCUT2D eigenvalue weighted by Crippen LogP contribution is 2.05. The molecule has 98 valence electrons. The van der Waals surface area contributed by atoms with Crippen molar-refractivity contribution in [2.75, 3.05) is 6.61 Å². The third-order valence-electron chi connectivity index (χ3n) is 2.34. The molecule has 1 atom stereocenters. The van der Waals surface area contributed by atoms with Crippen LogP contribution >= 0.6 is 0 Å². The first-order valence-electron chi connectivity index (χ1n) is 5.81. The molecule has 0 aliphatic heterocycles. The van der Waals surface area contributed by atoms with Crippen LogP contribution in [0.1, 0.15) is 18.9 Å². The summed E-state index contributed by atoms with van der Waals surface area (Å²) in [7, 11) is 0. The average Bonchev–Trinajstić information content (AvgIpc) is 2.37. The van der Waals surface area contributed by atoms with Gasteiger partial charge in [0, 0.05) is 0 Å². The molecule has 0 saturated heterocycles. The van der Waals surface area contributed by atoms with Crippen molar-refractivity contribution in [2.45, 2.75) is 25.8 Å². The van der Waals surface area contributed by atoms with E-state index in [-0.39, 0.29) is 6.61 Å². The Morgan fingerprint density at radius 2 is 1.94 bits per heavy atom. The van der Waals surface area contributed by atoms with Gasteiger partial charge in [-0.3, -0.25) is 0 Å². The van der Waals surface area contributed by atoms with E-state index in [9.17, 15) is 9.59 Å². The van der Waals surface area contributed by atoms with Gasteiger partial charge in [0.15, 0.2) is 0 Å². The van der Waals surface area contributed by atoms with Gasteiger partial charge in [-0.05, 0) is 25.3 Å². The third-order valence-corrected chi connectivity index (χ3v) is 2.34. The molecule has 0 aliphatic carbocycles. The van der Waals surface area contributed by atoms with Crippen molar-refractivity contribution in [3.05, 3.63) is 35.9 Å². The molecule has 1 aromatic carbocycles. The maximum Gasteiger partial charge on any atom is 0.516 e. The highest BCUT2D eigenvalue weighted by molar-refractivity contribution is 5.85. The highest BCUT2D eigenvalue weighted by Gasteiger charge is 2.19. The fourth-order valence-electron chi connectivity index (χ4n) is 1.39. The van der Waals surface area contributed by atoms with Gasteiger partial charge in [-0.1, -0.05) is 30.3 Å². The predicted molar refractivity (Wildman–Crippen MR) is 65.9 cm³/mol. The Morgan fingerprint density at radius 3 is 2.56 bits per heavy atom. The van der Waals surface area contributed by atoms with E-state index >= 15 is 0 Å². The topological polar surface area (TPSA) is 78.6 Å². The summed E-state index contributed by atoms with van der Waals surface area (Å²) in [4.78, 5) is 22.3. The Bertz CT molecular complexity index is 391. The van der Waals surface area contributed by atoms with Crippen LogP contribution in [0, 0.1) is 0 Å². The molecule has 0 radical (unpaired) electrons. The summed E-state index contributed by atoms with van der Waals surface area (Å²) in [6.45, 7) is 1.78. The summed E-state index contributed by atoms with van der Waals surface area (Å²) in [5.41, 5.74) is 6.71. The number of benzene rings is 1. The van der Waals surface area contributed by atoms with Gasteiger partial charge >= 0.3 is 12.1 Å². The molecule has 1 unspecified atom stereocenters. The van der Waals surface area contributed by atoms with E-state index in [1.165, 1.54) is 0 Å². The number of hydrogen-bond donors (Lipinski definition) is 1. The van der Waals surface area contributed by atoms with Gasteiger partial charge in [-0.25, -0.2) is 9.59 Å². The maximum absolute atomic E-state index is 11.4. The van der Waals surface area contributed by atoms with Crippen LogP contribution in [0.15, 0.2) is 30.3 Å². The molecular weight excluding hydrogens is 234 g/mol. The van der Waals surface area contributed by atoms with E-state index in [0.29, 0.717) is 12.8 Å². The molecule has 0 spiro atoms. The van der Waals surface area contributed by atoms with E-state index in [2.05, 4.69) is 9.47 Å². The number of carbonyl (C=O) groups excluding carboxylic acids is 2. The first-order chi connectivity index (χ1) is 8.63. The van der Waals surface area contributed by atoms with Crippen LogP contribution in [0.5, 0.6) is 0 Å². The molecule has 0 amide bonds. The van der Waals surface area contributed by atoms with Crippen molar-refractivity contribution in [3.63, 3.8) is 0 Å². The monoisotopic (exact) mass is 251 g/mol. The molecule has 2 N–H and O–H groups in total. The molecule has 0 bridgehead atoms. The quantitative estimate of drug-likeness (QED) is 0.635. The summed E-state index contributed by atoms with van der Waals surface area (Å²) >= 11 is 0. The summed E-state index contributed by atoms with van der Waals surface area (Å²) in [6.07, 6.45) is 0.0694. The predicted octanol–water partition coefficient (Wildman–Crippen LogP) is 1.65. The van der Waals surface area contributed by atoms with Crippen LogP contribution in [-0.2, 0) is 20.7 Å². The first-order valence-corrected chi connectivity index (χ1v) is 5.81. The largest absolute Gasteiger partial charge is 0.516 e. The van der Waals surface area contributed by atoms with E-state index in [4.69, 9.17) is 5.73 Å². The minimum absolute atomic E-state index is 0.158. The number of ether oxygens (including phenoxy) is 2. The van der Waals surface area contributed by atoms with Crippen molar-refractivity contribution in [1.29, 1.82) is 0 Å². The lowest BCUT2D eigenvalue weighted by Gasteiger charge is -2.09. The molecule has 5 nitrogen and oxygen atoms in total. The van der Waals surface area contributed by atoms with Crippen molar-refractivity contribution < 1.29 is 19.1 Å². The Balaban J connectivity index is 2.34. The molecular formula is C13H17NO4.